The number of hydrogen-bond donors (Lipinski definition) is 2. The van der Waals surface area contributed by atoms with Gasteiger partial charge in [-0.2, -0.15) is 4.98 Å². The fourth-order valence-corrected chi connectivity index (χ4v) is 4.45. The van der Waals surface area contributed by atoms with E-state index in [2.05, 4.69) is 14.9 Å². The van der Waals surface area contributed by atoms with Crippen LogP contribution in [0.15, 0.2) is 12.3 Å². The summed E-state index contributed by atoms with van der Waals surface area (Å²) in [5.41, 5.74) is 7.60. The van der Waals surface area contributed by atoms with Crippen molar-refractivity contribution >= 4 is 22.9 Å². The third kappa shape index (κ3) is 3.65. The fourth-order valence-electron chi connectivity index (χ4n) is 4.45. The van der Waals surface area contributed by atoms with Gasteiger partial charge < -0.3 is 20.5 Å². The second-order valence-electron chi connectivity index (χ2n) is 8.27. The van der Waals surface area contributed by atoms with Crippen molar-refractivity contribution in [1.29, 1.82) is 0 Å². The van der Waals surface area contributed by atoms with Crippen molar-refractivity contribution in [3.05, 3.63) is 18.0 Å². The van der Waals surface area contributed by atoms with Crippen molar-refractivity contribution < 1.29 is 4.79 Å². The standard InChI is InChI=1S/C20H30N6O/c1-25(2)19(27)17-11-13-12-22-20(23-15-9-7-14(21)8-10-15)24-18(13)26(17)16-5-3-4-6-16/h11-12,14-16H,3-10,21H2,1-2H3,(H,22,23,24). The summed E-state index contributed by atoms with van der Waals surface area (Å²) in [6.07, 6.45) is 10.6. The summed E-state index contributed by atoms with van der Waals surface area (Å²) >= 11 is 0. The molecule has 146 valence electrons. The summed E-state index contributed by atoms with van der Waals surface area (Å²) in [5, 5.41) is 4.42. The number of carbonyl (C=O) groups excluding carboxylic acids is 1. The fraction of sp³-hybridized carbons (Fsp3) is 0.650. The van der Waals surface area contributed by atoms with Crippen molar-refractivity contribution in [3.63, 3.8) is 0 Å². The van der Waals surface area contributed by atoms with Gasteiger partial charge in [-0.1, -0.05) is 12.8 Å². The molecule has 1 amide bonds. The highest BCUT2D eigenvalue weighted by atomic mass is 16.2. The first-order chi connectivity index (χ1) is 13.0. The van der Waals surface area contributed by atoms with Gasteiger partial charge in [0.2, 0.25) is 5.95 Å². The number of rotatable bonds is 4. The summed E-state index contributed by atoms with van der Waals surface area (Å²) in [6.45, 7) is 0. The smallest absolute Gasteiger partial charge is 0.270 e. The molecule has 0 spiro atoms. The molecule has 0 aromatic carbocycles. The maximum atomic E-state index is 12.8. The van der Waals surface area contributed by atoms with Crippen molar-refractivity contribution in [2.75, 3.05) is 19.4 Å². The second kappa shape index (κ2) is 7.46. The van der Waals surface area contributed by atoms with E-state index in [1.807, 2.05) is 12.3 Å². The van der Waals surface area contributed by atoms with Crippen molar-refractivity contribution in [1.82, 2.24) is 19.4 Å². The summed E-state index contributed by atoms with van der Waals surface area (Å²) < 4.78 is 2.16. The molecular weight excluding hydrogens is 340 g/mol. The molecule has 0 saturated heterocycles. The molecule has 0 unspecified atom stereocenters. The van der Waals surface area contributed by atoms with Gasteiger partial charge in [-0.3, -0.25) is 4.79 Å². The number of amides is 1. The molecule has 2 aromatic heterocycles. The highest BCUT2D eigenvalue weighted by Gasteiger charge is 2.27. The van der Waals surface area contributed by atoms with Crippen molar-refractivity contribution in [2.24, 2.45) is 5.73 Å². The van der Waals surface area contributed by atoms with E-state index >= 15 is 0 Å². The Morgan fingerprint density at radius 2 is 1.89 bits per heavy atom. The maximum Gasteiger partial charge on any atom is 0.270 e. The number of nitrogens with two attached hydrogens (primary N) is 1. The molecule has 7 nitrogen and oxygen atoms in total. The molecule has 2 fully saturated rings. The maximum absolute atomic E-state index is 12.8. The summed E-state index contributed by atoms with van der Waals surface area (Å²) in [6, 6.07) is 2.99. The number of nitrogens with one attached hydrogen (secondary N) is 1. The lowest BCUT2D eigenvalue weighted by atomic mass is 9.92. The molecule has 0 atom stereocenters. The number of anilines is 1. The van der Waals surface area contributed by atoms with Crippen LogP contribution in [0.5, 0.6) is 0 Å². The van der Waals surface area contributed by atoms with Crippen LogP contribution in [0.1, 0.15) is 67.9 Å². The molecule has 2 saturated carbocycles. The predicted molar refractivity (Wildman–Crippen MR) is 107 cm³/mol. The summed E-state index contributed by atoms with van der Waals surface area (Å²) in [7, 11) is 3.59. The van der Waals surface area contributed by atoms with Gasteiger partial charge in [0.05, 0.1) is 0 Å². The van der Waals surface area contributed by atoms with E-state index in [9.17, 15) is 4.79 Å². The highest BCUT2D eigenvalue weighted by molar-refractivity contribution is 5.97. The monoisotopic (exact) mass is 370 g/mol. The first kappa shape index (κ1) is 18.2. The van der Waals surface area contributed by atoms with Crippen LogP contribution in [0.2, 0.25) is 0 Å². The second-order valence-corrected chi connectivity index (χ2v) is 8.27. The van der Waals surface area contributed by atoms with Crippen LogP contribution >= 0.6 is 0 Å². The third-order valence-electron chi connectivity index (χ3n) is 6.00. The Morgan fingerprint density at radius 1 is 1.19 bits per heavy atom. The van der Waals surface area contributed by atoms with Crippen molar-refractivity contribution in [3.8, 4) is 0 Å². The van der Waals surface area contributed by atoms with Gasteiger partial charge in [0.25, 0.3) is 5.91 Å². The lowest BCUT2D eigenvalue weighted by Crippen LogP contribution is -2.33. The first-order valence-electron chi connectivity index (χ1n) is 10.1. The van der Waals surface area contributed by atoms with Crippen molar-refractivity contribution in [2.45, 2.75) is 69.5 Å². The number of nitrogens with zero attached hydrogens (tertiary/aromatic N) is 4. The Kier molecular flexibility index (Phi) is 5.04. The summed E-state index contributed by atoms with van der Waals surface area (Å²) in [4.78, 5) is 23.7. The zero-order valence-corrected chi connectivity index (χ0v) is 16.3. The van der Waals surface area contributed by atoms with Gasteiger partial charge in [-0.05, 0) is 44.6 Å². The minimum absolute atomic E-state index is 0.0238. The Bertz CT molecular complexity index is 815. The van der Waals surface area contributed by atoms with Crippen LogP contribution in [0.25, 0.3) is 11.0 Å². The molecule has 2 aliphatic carbocycles. The molecule has 7 heteroatoms. The molecule has 2 aliphatic rings. The molecular formula is C20H30N6O. The van der Waals surface area contributed by atoms with E-state index in [4.69, 9.17) is 10.7 Å². The normalized spacial score (nSPS) is 23.7. The van der Waals surface area contributed by atoms with Gasteiger partial charge in [0.15, 0.2) is 0 Å². The predicted octanol–water partition coefficient (Wildman–Crippen LogP) is 2.93. The largest absolute Gasteiger partial charge is 0.351 e. The molecule has 2 heterocycles. The van der Waals surface area contributed by atoms with E-state index in [1.54, 1.807) is 19.0 Å². The minimum atomic E-state index is 0.0238. The molecule has 4 rings (SSSR count). The topological polar surface area (TPSA) is 89.1 Å². The molecule has 0 bridgehead atoms. The average molecular weight is 371 g/mol. The van der Waals surface area contributed by atoms with E-state index in [0.29, 0.717) is 24.1 Å². The zero-order valence-electron chi connectivity index (χ0n) is 16.3. The van der Waals surface area contributed by atoms with Crippen LogP contribution in [-0.2, 0) is 0 Å². The molecule has 2 aromatic rings. The Morgan fingerprint density at radius 3 is 2.56 bits per heavy atom. The van der Waals surface area contributed by atoms with Crippen LogP contribution in [0.3, 0.4) is 0 Å². The quantitative estimate of drug-likeness (QED) is 0.864. The van der Waals surface area contributed by atoms with Crippen LogP contribution in [-0.4, -0.2) is 51.5 Å². The molecule has 0 radical (unpaired) electrons. The highest BCUT2D eigenvalue weighted by Crippen LogP contribution is 2.35. The van der Waals surface area contributed by atoms with Gasteiger partial charge in [0.1, 0.15) is 11.3 Å². The Labute approximate surface area is 160 Å². The van der Waals surface area contributed by atoms with Gasteiger partial charge in [-0.25, -0.2) is 4.98 Å². The molecule has 27 heavy (non-hydrogen) atoms. The Balaban J connectivity index is 1.68. The van der Waals surface area contributed by atoms with E-state index in [1.165, 1.54) is 12.8 Å². The first-order valence-corrected chi connectivity index (χ1v) is 10.1. The number of hydrogen-bond acceptors (Lipinski definition) is 5. The van der Waals surface area contributed by atoms with E-state index in [0.717, 1.165) is 55.3 Å². The summed E-state index contributed by atoms with van der Waals surface area (Å²) in [5.74, 6) is 0.680. The minimum Gasteiger partial charge on any atom is -0.351 e. The van der Waals surface area contributed by atoms with E-state index < -0.39 is 0 Å². The number of aromatic nitrogens is 3. The molecule has 3 N–H and O–H groups in total. The van der Waals surface area contributed by atoms with Crippen LogP contribution in [0.4, 0.5) is 5.95 Å². The van der Waals surface area contributed by atoms with Crippen LogP contribution in [0, 0.1) is 0 Å². The third-order valence-corrected chi connectivity index (χ3v) is 6.00. The van der Waals surface area contributed by atoms with E-state index in [-0.39, 0.29) is 5.91 Å². The van der Waals surface area contributed by atoms with Gasteiger partial charge >= 0.3 is 0 Å². The lowest BCUT2D eigenvalue weighted by Gasteiger charge is -2.26. The van der Waals surface area contributed by atoms with Crippen LogP contribution < -0.4 is 11.1 Å². The van der Waals surface area contributed by atoms with Gasteiger partial charge in [-0.15, -0.1) is 0 Å². The van der Waals surface area contributed by atoms with Gasteiger partial charge in [0, 0.05) is 43.8 Å². The lowest BCUT2D eigenvalue weighted by molar-refractivity contribution is 0.0815. The average Bonchev–Trinajstić information content (AvgIpc) is 3.29. The number of fused-ring (bicyclic) bond motifs is 1. The molecule has 0 aliphatic heterocycles. The zero-order chi connectivity index (χ0) is 19.0. The SMILES string of the molecule is CN(C)C(=O)c1cc2cnc(NC3CCC(N)CC3)nc2n1C1CCCC1. The number of carbonyl (C=O) groups is 1. The Hall–Kier alpha value is -2.15.